The molecule has 1 aromatic carbocycles. The van der Waals surface area contributed by atoms with Crippen LogP contribution in [0.15, 0.2) is 18.2 Å². The summed E-state index contributed by atoms with van der Waals surface area (Å²) in [7, 11) is 0. The SMILES string of the molecule is CCC1CC1NCC(O)COc1cc(C)cc(C)c1. The fraction of sp³-hybridized carbons (Fsp3) is 0.625. The largest absolute Gasteiger partial charge is 0.491 e. The van der Waals surface area contributed by atoms with Crippen molar-refractivity contribution in [2.75, 3.05) is 13.2 Å². The number of benzene rings is 1. The zero-order valence-corrected chi connectivity index (χ0v) is 12.1. The highest BCUT2D eigenvalue weighted by Crippen LogP contribution is 2.32. The molecule has 0 aromatic heterocycles. The maximum absolute atomic E-state index is 9.90. The van der Waals surface area contributed by atoms with E-state index in [1.165, 1.54) is 24.0 Å². The Bertz CT molecular complexity index is 399. The molecule has 19 heavy (non-hydrogen) atoms. The third kappa shape index (κ3) is 4.51. The summed E-state index contributed by atoms with van der Waals surface area (Å²) in [5.41, 5.74) is 2.37. The lowest BCUT2D eigenvalue weighted by atomic mass is 10.1. The van der Waals surface area contributed by atoms with Crippen LogP contribution in [0.1, 0.15) is 30.9 Å². The van der Waals surface area contributed by atoms with Crippen LogP contribution in [0, 0.1) is 19.8 Å². The van der Waals surface area contributed by atoms with Crippen LogP contribution in [-0.4, -0.2) is 30.4 Å². The summed E-state index contributed by atoms with van der Waals surface area (Å²) < 4.78 is 5.65. The minimum absolute atomic E-state index is 0.347. The molecule has 3 atom stereocenters. The van der Waals surface area contributed by atoms with E-state index in [1.54, 1.807) is 0 Å². The number of aliphatic hydroxyl groups excluding tert-OH is 1. The van der Waals surface area contributed by atoms with Gasteiger partial charge in [0, 0.05) is 12.6 Å². The Morgan fingerprint density at radius 1 is 1.32 bits per heavy atom. The van der Waals surface area contributed by atoms with Crippen LogP contribution in [0.2, 0.25) is 0 Å². The molecule has 2 rings (SSSR count). The van der Waals surface area contributed by atoms with Gasteiger partial charge in [0.1, 0.15) is 18.5 Å². The van der Waals surface area contributed by atoms with E-state index in [2.05, 4.69) is 32.2 Å². The van der Waals surface area contributed by atoms with Gasteiger partial charge in [0.15, 0.2) is 0 Å². The maximum atomic E-state index is 9.90. The summed E-state index contributed by atoms with van der Waals surface area (Å²) in [5.74, 6) is 1.65. The van der Waals surface area contributed by atoms with Crippen LogP contribution < -0.4 is 10.1 Å². The predicted octanol–water partition coefficient (Wildman–Crippen LogP) is 2.43. The van der Waals surface area contributed by atoms with Gasteiger partial charge in [-0.25, -0.2) is 0 Å². The normalized spacial score (nSPS) is 23.2. The zero-order valence-electron chi connectivity index (χ0n) is 12.1. The lowest BCUT2D eigenvalue weighted by Gasteiger charge is -2.14. The third-order valence-electron chi connectivity index (χ3n) is 3.70. The molecule has 0 amide bonds. The molecular formula is C16H25NO2. The minimum atomic E-state index is -0.445. The number of nitrogens with one attached hydrogen (secondary N) is 1. The molecule has 1 saturated carbocycles. The first kappa shape index (κ1) is 14.4. The average Bonchev–Trinajstić information content (AvgIpc) is 3.11. The second kappa shape index (κ2) is 6.40. The molecule has 0 radical (unpaired) electrons. The Kier molecular flexibility index (Phi) is 4.83. The van der Waals surface area contributed by atoms with Crippen LogP contribution >= 0.6 is 0 Å². The molecule has 0 bridgehead atoms. The molecule has 3 heteroatoms. The van der Waals surface area contributed by atoms with Gasteiger partial charge in [-0.15, -0.1) is 0 Å². The Morgan fingerprint density at radius 2 is 2.00 bits per heavy atom. The van der Waals surface area contributed by atoms with Gasteiger partial charge < -0.3 is 15.2 Å². The van der Waals surface area contributed by atoms with Crippen molar-refractivity contribution in [2.24, 2.45) is 5.92 Å². The second-order valence-electron chi connectivity index (χ2n) is 5.71. The first-order valence-electron chi connectivity index (χ1n) is 7.21. The van der Waals surface area contributed by atoms with E-state index in [0.29, 0.717) is 19.2 Å². The molecule has 0 aliphatic heterocycles. The van der Waals surface area contributed by atoms with Crippen molar-refractivity contribution in [2.45, 2.75) is 45.8 Å². The van der Waals surface area contributed by atoms with Gasteiger partial charge in [-0.2, -0.15) is 0 Å². The van der Waals surface area contributed by atoms with Crippen LogP contribution in [-0.2, 0) is 0 Å². The van der Waals surface area contributed by atoms with Crippen molar-refractivity contribution in [3.05, 3.63) is 29.3 Å². The van der Waals surface area contributed by atoms with Crippen LogP contribution in [0.5, 0.6) is 5.75 Å². The monoisotopic (exact) mass is 263 g/mol. The van der Waals surface area contributed by atoms with Gasteiger partial charge in [-0.1, -0.05) is 19.4 Å². The Hall–Kier alpha value is -1.06. The molecule has 1 aromatic rings. The van der Waals surface area contributed by atoms with Crippen LogP contribution in [0.25, 0.3) is 0 Å². The van der Waals surface area contributed by atoms with Crippen LogP contribution in [0.4, 0.5) is 0 Å². The second-order valence-corrected chi connectivity index (χ2v) is 5.71. The van der Waals surface area contributed by atoms with E-state index in [1.807, 2.05) is 12.1 Å². The molecule has 1 fully saturated rings. The van der Waals surface area contributed by atoms with E-state index in [0.717, 1.165) is 11.7 Å². The van der Waals surface area contributed by atoms with Gasteiger partial charge in [0.05, 0.1) is 0 Å². The molecule has 1 aliphatic carbocycles. The number of aliphatic hydroxyl groups is 1. The number of rotatable bonds is 7. The fourth-order valence-corrected chi connectivity index (χ4v) is 2.50. The van der Waals surface area contributed by atoms with Crippen LogP contribution in [0.3, 0.4) is 0 Å². The molecule has 3 nitrogen and oxygen atoms in total. The van der Waals surface area contributed by atoms with Crippen molar-refractivity contribution < 1.29 is 9.84 Å². The topological polar surface area (TPSA) is 41.5 Å². The molecule has 1 aliphatic rings. The average molecular weight is 263 g/mol. The lowest BCUT2D eigenvalue weighted by Crippen LogP contribution is -2.33. The van der Waals surface area contributed by atoms with Crippen molar-refractivity contribution in [3.63, 3.8) is 0 Å². The summed E-state index contributed by atoms with van der Waals surface area (Å²) in [6.45, 7) is 7.28. The maximum Gasteiger partial charge on any atom is 0.119 e. The quantitative estimate of drug-likeness (QED) is 0.794. The molecule has 2 N–H and O–H groups in total. The highest BCUT2D eigenvalue weighted by Gasteiger charge is 2.34. The van der Waals surface area contributed by atoms with E-state index in [4.69, 9.17) is 4.74 Å². The lowest BCUT2D eigenvalue weighted by molar-refractivity contribution is 0.105. The third-order valence-corrected chi connectivity index (χ3v) is 3.70. The van der Waals surface area contributed by atoms with Gasteiger partial charge in [0.25, 0.3) is 0 Å². The summed E-state index contributed by atoms with van der Waals surface area (Å²) in [6.07, 6.45) is 2.03. The number of ether oxygens (including phenoxy) is 1. The van der Waals surface area contributed by atoms with Crippen molar-refractivity contribution in [3.8, 4) is 5.75 Å². The minimum Gasteiger partial charge on any atom is -0.491 e. The number of hydrogen-bond acceptors (Lipinski definition) is 3. The molecule has 3 unspecified atom stereocenters. The Labute approximate surface area is 116 Å². The predicted molar refractivity (Wildman–Crippen MR) is 77.6 cm³/mol. The van der Waals surface area contributed by atoms with Crippen molar-refractivity contribution in [1.29, 1.82) is 0 Å². The standard InChI is InChI=1S/C16H25NO2/c1-4-13-8-16(13)17-9-14(18)10-19-15-6-11(2)5-12(3)7-15/h5-7,13-14,16-18H,4,8-10H2,1-3H3. The van der Waals surface area contributed by atoms with Gasteiger partial charge in [-0.3, -0.25) is 0 Å². The van der Waals surface area contributed by atoms with Gasteiger partial charge >= 0.3 is 0 Å². The van der Waals surface area contributed by atoms with Gasteiger partial charge in [-0.05, 0) is 49.4 Å². The first-order valence-corrected chi connectivity index (χ1v) is 7.21. The Balaban J connectivity index is 1.69. The zero-order chi connectivity index (χ0) is 13.8. The van der Waals surface area contributed by atoms with E-state index < -0.39 is 6.10 Å². The highest BCUT2D eigenvalue weighted by atomic mass is 16.5. The summed E-state index contributed by atoms with van der Waals surface area (Å²) in [5, 5.41) is 13.3. The van der Waals surface area contributed by atoms with E-state index in [9.17, 15) is 5.11 Å². The highest BCUT2D eigenvalue weighted by molar-refractivity contribution is 5.32. The van der Waals surface area contributed by atoms with E-state index in [-0.39, 0.29) is 0 Å². The first-order chi connectivity index (χ1) is 9.08. The smallest absolute Gasteiger partial charge is 0.119 e. The summed E-state index contributed by atoms with van der Waals surface area (Å²) in [4.78, 5) is 0. The molecule has 0 spiro atoms. The number of aryl methyl sites for hydroxylation is 2. The molecular weight excluding hydrogens is 238 g/mol. The van der Waals surface area contributed by atoms with Crippen molar-refractivity contribution in [1.82, 2.24) is 5.32 Å². The molecule has 0 saturated heterocycles. The molecule has 106 valence electrons. The Morgan fingerprint density at radius 3 is 2.58 bits per heavy atom. The van der Waals surface area contributed by atoms with E-state index >= 15 is 0 Å². The molecule has 0 heterocycles. The van der Waals surface area contributed by atoms with Gasteiger partial charge in [0.2, 0.25) is 0 Å². The number of hydrogen-bond donors (Lipinski definition) is 2. The van der Waals surface area contributed by atoms with Crippen molar-refractivity contribution >= 4 is 0 Å². The summed E-state index contributed by atoms with van der Waals surface area (Å²) >= 11 is 0. The fourth-order valence-electron chi connectivity index (χ4n) is 2.50. The summed E-state index contributed by atoms with van der Waals surface area (Å²) in [6, 6.07) is 6.73.